The molecule has 0 aliphatic heterocycles. The van der Waals surface area contributed by atoms with Crippen LogP contribution in [0.5, 0.6) is 0 Å². The summed E-state index contributed by atoms with van der Waals surface area (Å²) in [4.78, 5) is 22.5. The van der Waals surface area contributed by atoms with Gasteiger partial charge in [0.05, 0.1) is 22.5 Å². The molecule has 1 amide bonds. The zero-order chi connectivity index (χ0) is 24.3. The third-order valence-electron chi connectivity index (χ3n) is 5.83. The van der Waals surface area contributed by atoms with Crippen molar-refractivity contribution < 1.29 is 4.79 Å². The lowest BCUT2D eigenvalue weighted by atomic mass is 10.2. The highest BCUT2D eigenvalue weighted by Gasteiger charge is 2.14. The number of H-pyrrole nitrogens is 2. The van der Waals surface area contributed by atoms with E-state index in [1.54, 1.807) is 18.0 Å². The summed E-state index contributed by atoms with van der Waals surface area (Å²) in [5.74, 6) is -0.141. The average molecular weight is 488 g/mol. The normalized spacial score (nSPS) is 11.4. The average Bonchev–Trinajstić information content (AvgIpc) is 3.54. The fraction of sp³-hybridized carbons (Fsp3) is 0. The Hall–Kier alpha value is -4.62. The second-order valence-corrected chi connectivity index (χ2v) is 9.35. The number of fused-ring (bicyclic) bond motifs is 2. The standard InChI is InChI=1S/C29H21N5OS/c35-29(32-21-9-12-25-19(17-21)14-16-31-25)24-6-1-2-7-28(24)36-22-10-11-23-26(33-34-27(23)18-22)13-8-20-5-3-4-15-30-20/h1-18,31H,(H,32,35)(H,33,34)/b13-8+. The first-order valence-corrected chi connectivity index (χ1v) is 12.3. The van der Waals surface area contributed by atoms with Crippen molar-refractivity contribution >= 4 is 57.3 Å². The van der Waals surface area contributed by atoms with Gasteiger partial charge in [-0.05, 0) is 78.9 Å². The molecular formula is C29H21N5OS. The molecule has 6 aromatic rings. The van der Waals surface area contributed by atoms with Crippen LogP contribution >= 0.6 is 11.8 Å². The fourth-order valence-corrected chi connectivity index (χ4v) is 5.03. The van der Waals surface area contributed by atoms with Gasteiger partial charge in [0.1, 0.15) is 0 Å². The van der Waals surface area contributed by atoms with Crippen LogP contribution in [0.3, 0.4) is 0 Å². The van der Waals surface area contributed by atoms with Crippen LogP contribution in [0.2, 0.25) is 0 Å². The molecule has 7 heteroatoms. The molecule has 3 aromatic carbocycles. The Kier molecular flexibility index (Phi) is 5.81. The fourth-order valence-electron chi connectivity index (χ4n) is 4.05. The van der Waals surface area contributed by atoms with E-state index < -0.39 is 0 Å². The second-order valence-electron chi connectivity index (χ2n) is 8.24. The van der Waals surface area contributed by atoms with Crippen LogP contribution in [0.25, 0.3) is 34.0 Å². The molecule has 6 nitrogen and oxygen atoms in total. The molecule has 0 aliphatic carbocycles. The Labute approximate surface area is 211 Å². The van der Waals surface area contributed by atoms with Crippen molar-refractivity contribution in [3.05, 3.63) is 114 Å². The second kappa shape index (κ2) is 9.56. The summed E-state index contributed by atoms with van der Waals surface area (Å²) in [6.07, 6.45) is 7.56. The molecule has 0 saturated carbocycles. The Morgan fingerprint density at radius 3 is 2.72 bits per heavy atom. The molecule has 0 aliphatic rings. The minimum Gasteiger partial charge on any atom is -0.361 e. The summed E-state index contributed by atoms with van der Waals surface area (Å²) < 4.78 is 0. The zero-order valence-electron chi connectivity index (χ0n) is 19.1. The number of aromatic nitrogens is 4. The monoisotopic (exact) mass is 487 g/mol. The molecule has 3 N–H and O–H groups in total. The summed E-state index contributed by atoms with van der Waals surface area (Å²) in [5, 5.41) is 12.7. The predicted octanol–water partition coefficient (Wildman–Crippen LogP) is 7.01. The number of hydrogen-bond donors (Lipinski definition) is 3. The van der Waals surface area contributed by atoms with Gasteiger partial charge < -0.3 is 10.3 Å². The summed E-state index contributed by atoms with van der Waals surface area (Å²) in [7, 11) is 0. The maximum absolute atomic E-state index is 13.1. The first-order chi connectivity index (χ1) is 17.7. The van der Waals surface area contributed by atoms with E-state index in [-0.39, 0.29) is 5.91 Å². The van der Waals surface area contributed by atoms with Gasteiger partial charge in [-0.3, -0.25) is 14.9 Å². The quantitative estimate of drug-likeness (QED) is 0.236. The van der Waals surface area contributed by atoms with E-state index >= 15 is 0 Å². The number of hydrogen-bond acceptors (Lipinski definition) is 4. The molecule has 0 atom stereocenters. The number of nitrogens with zero attached hydrogens (tertiary/aromatic N) is 2. The number of anilines is 1. The largest absolute Gasteiger partial charge is 0.361 e. The van der Waals surface area contributed by atoms with Crippen molar-refractivity contribution in [2.24, 2.45) is 0 Å². The van der Waals surface area contributed by atoms with Crippen molar-refractivity contribution in [2.45, 2.75) is 9.79 Å². The SMILES string of the molecule is O=C(Nc1ccc2[nH]ccc2c1)c1ccccc1Sc1ccc2c(/C=C/c3ccccn3)n[nH]c2c1. The summed E-state index contributed by atoms with van der Waals surface area (Å²) >= 11 is 1.55. The highest BCUT2D eigenvalue weighted by atomic mass is 32.2. The molecule has 0 radical (unpaired) electrons. The Morgan fingerprint density at radius 2 is 1.81 bits per heavy atom. The predicted molar refractivity (Wildman–Crippen MR) is 146 cm³/mol. The summed E-state index contributed by atoms with van der Waals surface area (Å²) in [5.41, 5.74) is 5.09. The van der Waals surface area contributed by atoms with Crippen LogP contribution in [0.15, 0.2) is 107 Å². The third kappa shape index (κ3) is 4.52. The molecule has 3 aromatic heterocycles. The number of amides is 1. The Balaban J connectivity index is 1.22. The highest BCUT2D eigenvalue weighted by Crippen LogP contribution is 2.33. The van der Waals surface area contributed by atoms with E-state index in [2.05, 4.69) is 37.6 Å². The molecule has 0 fully saturated rings. The van der Waals surface area contributed by atoms with Crippen molar-refractivity contribution in [1.82, 2.24) is 20.2 Å². The summed E-state index contributed by atoms with van der Waals surface area (Å²) in [6, 6.07) is 27.4. The Morgan fingerprint density at radius 1 is 0.889 bits per heavy atom. The minimum absolute atomic E-state index is 0.141. The van der Waals surface area contributed by atoms with E-state index in [0.29, 0.717) is 5.56 Å². The number of rotatable bonds is 6. The molecule has 174 valence electrons. The van der Waals surface area contributed by atoms with E-state index in [9.17, 15) is 4.79 Å². The van der Waals surface area contributed by atoms with Gasteiger partial charge in [0, 0.05) is 44.2 Å². The zero-order valence-corrected chi connectivity index (χ0v) is 19.9. The lowest BCUT2D eigenvalue weighted by Crippen LogP contribution is -2.12. The lowest BCUT2D eigenvalue weighted by molar-refractivity contribution is 0.102. The van der Waals surface area contributed by atoms with Crippen molar-refractivity contribution in [1.29, 1.82) is 0 Å². The number of carbonyl (C=O) groups is 1. The van der Waals surface area contributed by atoms with Crippen LogP contribution < -0.4 is 5.32 Å². The minimum atomic E-state index is -0.141. The van der Waals surface area contributed by atoms with Crippen LogP contribution in [0.4, 0.5) is 5.69 Å². The van der Waals surface area contributed by atoms with Gasteiger partial charge in [-0.1, -0.05) is 30.0 Å². The maximum Gasteiger partial charge on any atom is 0.256 e. The summed E-state index contributed by atoms with van der Waals surface area (Å²) in [6.45, 7) is 0. The van der Waals surface area contributed by atoms with E-state index in [0.717, 1.165) is 48.7 Å². The number of aromatic amines is 2. The van der Waals surface area contributed by atoms with Gasteiger partial charge in [-0.25, -0.2) is 0 Å². The van der Waals surface area contributed by atoms with Gasteiger partial charge >= 0.3 is 0 Å². The van der Waals surface area contributed by atoms with E-state index in [1.807, 2.05) is 91.1 Å². The van der Waals surface area contributed by atoms with Gasteiger partial charge in [0.2, 0.25) is 0 Å². The van der Waals surface area contributed by atoms with Crippen molar-refractivity contribution in [3.8, 4) is 0 Å². The Bertz CT molecular complexity index is 1720. The maximum atomic E-state index is 13.1. The molecule has 0 bridgehead atoms. The molecule has 6 rings (SSSR count). The molecule has 0 saturated heterocycles. The first kappa shape index (κ1) is 21.9. The van der Waals surface area contributed by atoms with Gasteiger partial charge in [-0.2, -0.15) is 5.10 Å². The number of carbonyl (C=O) groups excluding carboxylic acids is 1. The van der Waals surface area contributed by atoms with Crippen molar-refractivity contribution in [2.75, 3.05) is 5.32 Å². The lowest BCUT2D eigenvalue weighted by Gasteiger charge is -2.10. The molecule has 36 heavy (non-hydrogen) atoms. The molecule has 0 spiro atoms. The first-order valence-electron chi connectivity index (χ1n) is 11.5. The molecule has 3 heterocycles. The van der Waals surface area contributed by atoms with Crippen LogP contribution in [-0.4, -0.2) is 26.1 Å². The number of benzene rings is 3. The smallest absolute Gasteiger partial charge is 0.256 e. The molecule has 0 unspecified atom stereocenters. The van der Waals surface area contributed by atoms with Gasteiger partial charge in [0.25, 0.3) is 5.91 Å². The third-order valence-corrected chi connectivity index (χ3v) is 6.90. The van der Waals surface area contributed by atoms with Crippen LogP contribution in [0.1, 0.15) is 21.7 Å². The number of nitrogens with one attached hydrogen (secondary N) is 3. The van der Waals surface area contributed by atoms with Crippen LogP contribution in [-0.2, 0) is 0 Å². The highest BCUT2D eigenvalue weighted by molar-refractivity contribution is 7.99. The van der Waals surface area contributed by atoms with E-state index in [4.69, 9.17) is 0 Å². The molecular weight excluding hydrogens is 466 g/mol. The van der Waals surface area contributed by atoms with Crippen molar-refractivity contribution in [3.63, 3.8) is 0 Å². The van der Waals surface area contributed by atoms with Crippen LogP contribution in [0, 0.1) is 0 Å². The van der Waals surface area contributed by atoms with Gasteiger partial charge in [-0.15, -0.1) is 0 Å². The topological polar surface area (TPSA) is 86.5 Å². The van der Waals surface area contributed by atoms with Gasteiger partial charge in [0.15, 0.2) is 0 Å². The number of pyridine rings is 1. The van der Waals surface area contributed by atoms with E-state index in [1.165, 1.54) is 0 Å².